The number of ether oxygens (including phenoxy) is 2. The molecule has 1 aliphatic heterocycles. The third kappa shape index (κ3) is 1.58. The van der Waals surface area contributed by atoms with Gasteiger partial charge in [0.2, 0.25) is 18.0 Å². The first-order chi connectivity index (χ1) is 9.83. The van der Waals surface area contributed by atoms with Crippen LogP contribution < -0.4 is 14.2 Å². The summed E-state index contributed by atoms with van der Waals surface area (Å²) in [6.07, 6.45) is 0. The minimum atomic E-state index is 0.204. The van der Waals surface area contributed by atoms with E-state index in [-0.39, 0.29) is 6.79 Å². The van der Waals surface area contributed by atoms with Crippen molar-refractivity contribution >= 4 is 10.9 Å². The largest absolute Gasteiger partial charge is 0.618 e. The highest BCUT2D eigenvalue weighted by Crippen LogP contribution is 2.35. The van der Waals surface area contributed by atoms with Crippen LogP contribution in [0.3, 0.4) is 0 Å². The Bertz CT molecular complexity index is 800. The van der Waals surface area contributed by atoms with Crippen LogP contribution in [0.4, 0.5) is 0 Å². The van der Waals surface area contributed by atoms with Crippen molar-refractivity contribution < 1.29 is 14.2 Å². The van der Waals surface area contributed by atoms with Gasteiger partial charge in [0.05, 0.1) is 11.5 Å². The van der Waals surface area contributed by atoms with Crippen molar-refractivity contribution in [1.82, 2.24) is 0 Å². The lowest BCUT2D eigenvalue weighted by Gasteiger charge is -2.08. The second-order valence-electron chi connectivity index (χ2n) is 4.64. The molecule has 0 radical (unpaired) electrons. The number of benzene rings is 2. The number of pyridine rings is 1. The summed E-state index contributed by atoms with van der Waals surface area (Å²) in [5.74, 6) is 1.30. The molecule has 3 aromatic rings. The van der Waals surface area contributed by atoms with Crippen molar-refractivity contribution in [1.29, 1.82) is 0 Å². The third-order valence-corrected chi connectivity index (χ3v) is 3.45. The van der Waals surface area contributed by atoms with Crippen molar-refractivity contribution in [2.24, 2.45) is 0 Å². The molecule has 0 unspecified atom stereocenters. The highest BCUT2D eigenvalue weighted by molar-refractivity contribution is 5.82. The number of nitrogens with zero attached hydrogens (tertiary/aromatic N) is 1. The number of rotatable bonds is 1. The van der Waals surface area contributed by atoms with Gasteiger partial charge in [-0.3, -0.25) is 0 Å². The Hall–Kier alpha value is -2.75. The van der Waals surface area contributed by atoms with E-state index in [1.54, 1.807) is 6.07 Å². The van der Waals surface area contributed by atoms with Crippen LogP contribution >= 0.6 is 0 Å². The second-order valence-corrected chi connectivity index (χ2v) is 4.64. The molecule has 0 aliphatic carbocycles. The van der Waals surface area contributed by atoms with Crippen LogP contribution in [0.15, 0.2) is 54.6 Å². The predicted molar refractivity (Wildman–Crippen MR) is 74.5 cm³/mol. The fourth-order valence-electron chi connectivity index (χ4n) is 2.44. The van der Waals surface area contributed by atoms with Crippen LogP contribution in [-0.2, 0) is 0 Å². The zero-order chi connectivity index (χ0) is 13.5. The van der Waals surface area contributed by atoms with E-state index in [9.17, 15) is 5.21 Å². The summed E-state index contributed by atoms with van der Waals surface area (Å²) in [5.41, 5.74) is 2.09. The smallest absolute Gasteiger partial charge is 0.231 e. The molecule has 2 heterocycles. The van der Waals surface area contributed by atoms with Gasteiger partial charge < -0.3 is 14.7 Å². The summed E-state index contributed by atoms with van der Waals surface area (Å²) in [5, 5.41) is 13.4. The quantitative estimate of drug-likeness (QED) is 0.502. The van der Waals surface area contributed by atoms with Gasteiger partial charge in [-0.15, -0.1) is 0 Å². The normalized spacial score (nSPS) is 12.8. The van der Waals surface area contributed by atoms with E-state index in [1.807, 2.05) is 48.5 Å². The Morgan fingerprint density at radius 3 is 2.45 bits per heavy atom. The van der Waals surface area contributed by atoms with Crippen molar-refractivity contribution in [3.63, 3.8) is 0 Å². The average Bonchev–Trinajstić information content (AvgIpc) is 2.94. The molecule has 0 spiro atoms. The number of hydrogen-bond acceptors (Lipinski definition) is 3. The van der Waals surface area contributed by atoms with Crippen LogP contribution in [0.25, 0.3) is 22.2 Å². The molecule has 4 rings (SSSR count). The molecule has 98 valence electrons. The van der Waals surface area contributed by atoms with Gasteiger partial charge in [-0.05, 0) is 24.3 Å². The predicted octanol–water partition coefficient (Wildman–Crippen LogP) is 2.87. The summed E-state index contributed by atoms with van der Waals surface area (Å²) < 4.78 is 11.6. The Kier molecular flexibility index (Phi) is 2.29. The molecular weight excluding hydrogens is 254 g/mol. The Labute approximate surface area is 115 Å². The molecule has 20 heavy (non-hydrogen) atoms. The molecule has 0 atom stereocenters. The fraction of sp³-hybridized carbons (Fsp3) is 0.0625. The first-order valence-corrected chi connectivity index (χ1v) is 6.34. The molecule has 0 N–H and O–H groups in total. The molecule has 4 nitrogen and oxygen atoms in total. The fourth-order valence-corrected chi connectivity index (χ4v) is 2.44. The number of fused-ring (bicyclic) bond motifs is 2. The molecule has 2 aromatic carbocycles. The molecular formula is C16H11NO3. The molecule has 0 saturated carbocycles. The van der Waals surface area contributed by atoms with E-state index in [4.69, 9.17) is 9.47 Å². The molecule has 0 amide bonds. The number of aromatic nitrogens is 1. The summed E-state index contributed by atoms with van der Waals surface area (Å²) in [6, 6.07) is 16.9. The SMILES string of the molecule is [O-][n+]1c(-c2ccccc2)ccc2cc3c(cc21)OCO3. The van der Waals surface area contributed by atoms with Crippen LogP contribution in [0, 0.1) is 5.21 Å². The molecule has 0 bridgehead atoms. The molecule has 4 heteroatoms. The topological polar surface area (TPSA) is 45.4 Å². The molecule has 0 saturated heterocycles. The van der Waals surface area contributed by atoms with Crippen molar-refractivity contribution in [3.05, 3.63) is 59.8 Å². The first kappa shape index (κ1) is 11.1. The highest BCUT2D eigenvalue weighted by Gasteiger charge is 2.19. The average molecular weight is 265 g/mol. The Morgan fingerprint density at radius 1 is 0.900 bits per heavy atom. The van der Waals surface area contributed by atoms with Gasteiger partial charge in [-0.2, -0.15) is 4.73 Å². The van der Waals surface area contributed by atoms with E-state index >= 15 is 0 Å². The highest BCUT2D eigenvalue weighted by atomic mass is 16.7. The summed E-state index contributed by atoms with van der Waals surface area (Å²) in [6.45, 7) is 0.204. The van der Waals surface area contributed by atoms with E-state index in [0.717, 1.165) is 15.7 Å². The van der Waals surface area contributed by atoms with Crippen LogP contribution in [0.1, 0.15) is 0 Å². The number of hydrogen-bond donors (Lipinski definition) is 0. The summed E-state index contributed by atoms with van der Waals surface area (Å²) in [4.78, 5) is 0. The maximum Gasteiger partial charge on any atom is 0.231 e. The molecule has 0 fully saturated rings. The lowest BCUT2D eigenvalue weighted by molar-refractivity contribution is -0.565. The van der Waals surface area contributed by atoms with Gasteiger partial charge in [-0.1, -0.05) is 18.2 Å². The second kappa shape index (κ2) is 4.13. The zero-order valence-corrected chi connectivity index (χ0v) is 10.6. The van der Waals surface area contributed by atoms with Gasteiger partial charge in [0.15, 0.2) is 11.5 Å². The van der Waals surface area contributed by atoms with Crippen LogP contribution in [0.5, 0.6) is 11.5 Å². The summed E-state index contributed by atoms with van der Waals surface area (Å²) >= 11 is 0. The minimum absolute atomic E-state index is 0.204. The Morgan fingerprint density at radius 2 is 1.65 bits per heavy atom. The van der Waals surface area contributed by atoms with E-state index in [1.165, 1.54) is 0 Å². The van der Waals surface area contributed by atoms with E-state index in [2.05, 4.69) is 0 Å². The Balaban J connectivity index is 1.97. The van der Waals surface area contributed by atoms with Gasteiger partial charge in [-0.25, -0.2) is 0 Å². The third-order valence-electron chi connectivity index (χ3n) is 3.45. The maximum atomic E-state index is 12.5. The monoisotopic (exact) mass is 265 g/mol. The van der Waals surface area contributed by atoms with Crippen molar-refractivity contribution in [2.75, 3.05) is 6.79 Å². The van der Waals surface area contributed by atoms with E-state index in [0.29, 0.717) is 22.7 Å². The molecule has 1 aliphatic rings. The van der Waals surface area contributed by atoms with Gasteiger partial charge in [0.25, 0.3) is 0 Å². The zero-order valence-electron chi connectivity index (χ0n) is 10.6. The van der Waals surface area contributed by atoms with E-state index < -0.39 is 0 Å². The molecule has 1 aromatic heterocycles. The first-order valence-electron chi connectivity index (χ1n) is 6.34. The lowest BCUT2D eigenvalue weighted by atomic mass is 10.1. The van der Waals surface area contributed by atoms with Gasteiger partial charge >= 0.3 is 0 Å². The van der Waals surface area contributed by atoms with Gasteiger partial charge in [0, 0.05) is 11.6 Å². The minimum Gasteiger partial charge on any atom is -0.618 e. The van der Waals surface area contributed by atoms with Gasteiger partial charge in [0.1, 0.15) is 0 Å². The van der Waals surface area contributed by atoms with Crippen molar-refractivity contribution in [3.8, 4) is 22.8 Å². The lowest BCUT2D eigenvalue weighted by Crippen LogP contribution is -2.29. The maximum absolute atomic E-state index is 12.5. The van der Waals surface area contributed by atoms with Crippen molar-refractivity contribution in [2.45, 2.75) is 0 Å². The summed E-state index contributed by atoms with van der Waals surface area (Å²) in [7, 11) is 0. The standard InChI is InChI=1S/C16H11NO3/c18-17-13(11-4-2-1-3-5-11)7-6-12-8-15-16(9-14(12)17)20-10-19-15/h1-9H,10H2. The van der Waals surface area contributed by atoms with Crippen LogP contribution in [-0.4, -0.2) is 6.79 Å². The van der Waals surface area contributed by atoms with Crippen LogP contribution in [0.2, 0.25) is 0 Å².